The molecule has 0 radical (unpaired) electrons. The molecule has 0 bridgehead atoms. The number of anilines is 1. The molecule has 2 aromatic carbocycles. The van der Waals surface area contributed by atoms with Gasteiger partial charge in [-0.15, -0.1) is 0 Å². The Labute approximate surface area is 221 Å². The summed E-state index contributed by atoms with van der Waals surface area (Å²) in [4.78, 5) is 25.3. The van der Waals surface area contributed by atoms with Crippen molar-refractivity contribution < 1.29 is 33.6 Å². The third-order valence-corrected chi connectivity index (χ3v) is 7.79. The molecule has 0 spiro atoms. The van der Waals surface area contributed by atoms with E-state index in [0.29, 0.717) is 30.2 Å². The topological polar surface area (TPSA) is 127 Å². The molecule has 4 atom stereocenters. The van der Waals surface area contributed by atoms with Crippen molar-refractivity contribution in [2.75, 3.05) is 18.7 Å². The molecule has 4 N–H and O–H groups in total. The number of amides is 3. The van der Waals surface area contributed by atoms with Gasteiger partial charge in [0.2, 0.25) is 12.7 Å². The fourth-order valence-corrected chi connectivity index (χ4v) is 5.92. The Morgan fingerprint density at radius 3 is 2.66 bits per heavy atom. The number of aliphatic hydroxyl groups excluding tert-OH is 1. The number of fused-ring (bicyclic) bond motifs is 4. The second kappa shape index (κ2) is 10.7. The van der Waals surface area contributed by atoms with Crippen LogP contribution < -0.4 is 30.2 Å². The Balaban J connectivity index is 1.08. The molecular weight excluding hydrogens is 490 g/mol. The van der Waals surface area contributed by atoms with Crippen molar-refractivity contribution in [3.8, 4) is 17.2 Å². The van der Waals surface area contributed by atoms with Gasteiger partial charge in [0.25, 0.3) is 0 Å². The molecule has 202 valence electrons. The highest BCUT2D eigenvalue weighted by Gasteiger charge is 2.46. The SMILES string of the molecule is O=C(C[C@H]1C[C@H]2c3cc(NC(=O)NC4CCCC4)ccc3O[C@H]2[C@H](CO)O1)NCc1ccc2c(c1)OCO2. The number of benzene rings is 2. The quantitative estimate of drug-likeness (QED) is 0.439. The van der Waals surface area contributed by atoms with Gasteiger partial charge in [-0.1, -0.05) is 18.9 Å². The van der Waals surface area contributed by atoms with Gasteiger partial charge < -0.3 is 40.0 Å². The lowest BCUT2D eigenvalue weighted by Gasteiger charge is -2.37. The van der Waals surface area contributed by atoms with Gasteiger partial charge in [-0.3, -0.25) is 4.79 Å². The van der Waals surface area contributed by atoms with Crippen LogP contribution in [-0.2, 0) is 16.1 Å². The van der Waals surface area contributed by atoms with Crippen molar-refractivity contribution >= 4 is 17.6 Å². The van der Waals surface area contributed by atoms with Crippen molar-refractivity contribution in [3.63, 3.8) is 0 Å². The van der Waals surface area contributed by atoms with E-state index in [9.17, 15) is 14.7 Å². The van der Waals surface area contributed by atoms with Crippen LogP contribution in [0.25, 0.3) is 0 Å². The van der Waals surface area contributed by atoms with Crippen LogP contribution in [0.4, 0.5) is 10.5 Å². The first-order chi connectivity index (χ1) is 18.6. The summed E-state index contributed by atoms with van der Waals surface area (Å²) in [5, 5.41) is 18.9. The van der Waals surface area contributed by atoms with Gasteiger partial charge in [0.05, 0.1) is 19.1 Å². The van der Waals surface area contributed by atoms with Crippen LogP contribution in [0.1, 0.15) is 55.6 Å². The zero-order chi connectivity index (χ0) is 26.1. The average Bonchev–Trinajstić information content (AvgIpc) is 3.67. The molecule has 1 saturated heterocycles. The lowest BCUT2D eigenvalue weighted by Crippen LogP contribution is -2.47. The van der Waals surface area contributed by atoms with Crippen molar-refractivity contribution in [2.45, 2.75) is 75.3 Å². The molecule has 3 heterocycles. The molecule has 3 aliphatic heterocycles. The van der Waals surface area contributed by atoms with E-state index in [-0.39, 0.29) is 55.9 Å². The third-order valence-electron chi connectivity index (χ3n) is 7.79. The minimum absolute atomic E-state index is 0.0535. The predicted octanol–water partition coefficient (Wildman–Crippen LogP) is 3.18. The van der Waals surface area contributed by atoms with E-state index in [2.05, 4.69) is 16.0 Å². The smallest absolute Gasteiger partial charge is 0.319 e. The number of ether oxygens (including phenoxy) is 4. The minimum Gasteiger partial charge on any atom is -0.487 e. The number of nitrogens with one attached hydrogen (secondary N) is 3. The predicted molar refractivity (Wildman–Crippen MR) is 137 cm³/mol. The number of carbonyl (C=O) groups excluding carboxylic acids is 2. The Morgan fingerprint density at radius 1 is 1.00 bits per heavy atom. The fraction of sp³-hybridized carbons (Fsp3) is 0.500. The fourth-order valence-electron chi connectivity index (χ4n) is 5.92. The highest BCUT2D eigenvalue weighted by Crippen LogP contribution is 2.47. The highest BCUT2D eigenvalue weighted by atomic mass is 16.7. The molecule has 4 aliphatic rings. The average molecular weight is 524 g/mol. The van der Waals surface area contributed by atoms with Gasteiger partial charge >= 0.3 is 6.03 Å². The highest BCUT2D eigenvalue weighted by molar-refractivity contribution is 5.89. The summed E-state index contributed by atoms with van der Waals surface area (Å²) in [6.07, 6.45) is 3.81. The van der Waals surface area contributed by atoms with Crippen LogP contribution in [0, 0.1) is 0 Å². The van der Waals surface area contributed by atoms with Gasteiger partial charge in [-0.25, -0.2) is 4.79 Å². The Morgan fingerprint density at radius 2 is 1.82 bits per heavy atom. The first kappa shape index (κ1) is 24.8. The maximum atomic E-state index is 12.8. The molecule has 0 unspecified atom stereocenters. The van der Waals surface area contributed by atoms with Gasteiger partial charge in [0.1, 0.15) is 18.0 Å². The maximum Gasteiger partial charge on any atom is 0.319 e. The van der Waals surface area contributed by atoms with Gasteiger partial charge in [0.15, 0.2) is 11.5 Å². The molecule has 10 nitrogen and oxygen atoms in total. The van der Waals surface area contributed by atoms with Gasteiger partial charge in [-0.05, 0) is 55.2 Å². The monoisotopic (exact) mass is 523 g/mol. The summed E-state index contributed by atoms with van der Waals surface area (Å²) in [5.41, 5.74) is 2.56. The largest absolute Gasteiger partial charge is 0.487 e. The number of carbonyl (C=O) groups is 2. The van der Waals surface area contributed by atoms with E-state index in [1.807, 2.05) is 36.4 Å². The summed E-state index contributed by atoms with van der Waals surface area (Å²) in [5.74, 6) is 1.90. The molecule has 6 rings (SSSR count). The van der Waals surface area contributed by atoms with Crippen LogP contribution in [0.15, 0.2) is 36.4 Å². The standard InChI is InChI=1S/C28H33N3O7/c32-14-25-27-21(20-10-18(6-8-22(20)38-27)31-28(34)30-17-3-1-2-4-17)11-19(37-25)12-26(33)29-13-16-5-7-23-24(9-16)36-15-35-23/h5-10,17,19,21,25,27,32H,1-4,11-15H2,(H,29,33)(H2,30,31,34)/t19-,21+,25+,27-/m1/s1. The maximum absolute atomic E-state index is 12.8. The number of hydrogen-bond donors (Lipinski definition) is 4. The van der Waals surface area contributed by atoms with Crippen molar-refractivity contribution in [1.82, 2.24) is 10.6 Å². The molecule has 2 aromatic rings. The molecule has 2 fully saturated rings. The van der Waals surface area contributed by atoms with E-state index in [0.717, 1.165) is 42.6 Å². The zero-order valence-corrected chi connectivity index (χ0v) is 21.1. The molecule has 38 heavy (non-hydrogen) atoms. The van der Waals surface area contributed by atoms with E-state index in [1.54, 1.807) is 0 Å². The first-order valence-corrected chi connectivity index (χ1v) is 13.4. The van der Waals surface area contributed by atoms with Crippen LogP contribution in [0.3, 0.4) is 0 Å². The van der Waals surface area contributed by atoms with Gasteiger partial charge in [-0.2, -0.15) is 0 Å². The molecule has 3 amide bonds. The lowest BCUT2D eigenvalue weighted by molar-refractivity contribution is -0.142. The van der Waals surface area contributed by atoms with E-state index in [1.165, 1.54) is 0 Å². The Bertz CT molecular complexity index is 1200. The number of hydrogen-bond acceptors (Lipinski definition) is 7. The van der Waals surface area contributed by atoms with E-state index < -0.39 is 6.10 Å². The number of rotatable bonds is 7. The minimum atomic E-state index is -0.546. The molecule has 0 aromatic heterocycles. The van der Waals surface area contributed by atoms with Crippen LogP contribution in [0.5, 0.6) is 17.2 Å². The first-order valence-electron chi connectivity index (χ1n) is 13.4. The number of urea groups is 1. The summed E-state index contributed by atoms with van der Waals surface area (Å²) < 4.78 is 23.0. The second-order valence-electron chi connectivity index (χ2n) is 10.4. The van der Waals surface area contributed by atoms with Gasteiger partial charge in [0, 0.05) is 29.8 Å². The molecule has 1 saturated carbocycles. The Kier molecular flexibility index (Phi) is 6.99. The summed E-state index contributed by atoms with van der Waals surface area (Å²) in [7, 11) is 0. The van der Waals surface area contributed by atoms with Crippen molar-refractivity contribution in [2.24, 2.45) is 0 Å². The molecule has 1 aliphatic carbocycles. The van der Waals surface area contributed by atoms with E-state index in [4.69, 9.17) is 18.9 Å². The number of aliphatic hydroxyl groups is 1. The van der Waals surface area contributed by atoms with Crippen LogP contribution in [0.2, 0.25) is 0 Å². The Hall–Kier alpha value is -3.50. The lowest BCUT2D eigenvalue weighted by atomic mass is 9.84. The second-order valence-corrected chi connectivity index (χ2v) is 10.4. The summed E-state index contributed by atoms with van der Waals surface area (Å²) in [6.45, 7) is 0.358. The van der Waals surface area contributed by atoms with Crippen LogP contribution in [-0.4, -0.2) is 54.8 Å². The van der Waals surface area contributed by atoms with Crippen LogP contribution >= 0.6 is 0 Å². The van der Waals surface area contributed by atoms with E-state index >= 15 is 0 Å². The summed E-state index contributed by atoms with van der Waals surface area (Å²) in [6, 6.07) is 11.2. The zero-order valence-electron chi connectivity index (χ0n) is 21.1. The molecular formula is C28H33N3O7. The van der Waals surface area contributed by atoms with Crippen molar-refractivity contribution in [1.29, 1.82) is 0 Å². The summed E-state index contributed by atoms with van der Waals surface area (Å²) >= 11 is 0. The normalized spacial score (nSPS) is 25.3. The molecule has 10 heteroatoms. The van der Waals surface area contributed by atoms with Crippen molar-refractivity contribution in [3.05, 3.63) is 47.5 Å². The third kappa shape index (κ3) is 5.23.